The number of rotatable bonds is 10. The summed E-state index contributed by atoms with van der Waals surface area (Å²) in [6.45, 7) is 1.69. The summed E-state index contributed by atoms with van der Waals surface area (Å²) in [5.74, 6) is 0. The maximum Gasteiger partial charge on any atom is 0.301 e. The fourth-order valence-corrected chi connectivity index (χ4v) is 2.27. The Morgan fingerprint density at radius 2 is 1.28 bits per heavy atom. The van der Waals surface area contributed by atoms with Crippen molar-refractivity contribution >= 4 is 46.1 Å². The van der Waals surface area contributed by atoms with Crippen molar-refractivity contribution in [2.24, 2.45) is 10.2 Å². The number of hydrogen-bond acceptors (Lipinski definition) is 12. The molecule has 0 saturated heterocycles. The van der Waals surface area contributed by atoms with Crippen molar-refractivity contribution < 1.29 is 19.7 Å². The molecule has 0 atom stereocenters. The van der Waals surface area contributed by atoms with Crippen LogP contribution in [0.3, 0.4) is 0 Å². The third-order valence-electron chi connectivity index (χ3n) is 3.86. The Morgan fingerprint density at radius 3 is 1.69 bits per heavy atom. The molecular formula is C16H14N8O8. The fraction of sp³-hybridized carbons (Fsp3) is 0.125. The SMILES string of the molecule is CCC(/C=N/Nc1ccc([N+](=O)[O-])cc1[N+](=O)[O-])=N/Nc1ccc([N+](=O)[O-])cc1[N+](=O)[O-]. The molecule has 0 aromatic heterocycles. The largest absolute Gasteiger partial charge is 0.301 e. The lowest BCUT2D eigenvalue weighted by Gasteiger charge is -2.04. The van der Waals surface area contributed by atoms with Crippen LogP contribution in [0.25, 0.3) is 0 Å². The maximum atomic E-state index is 11.2. The van der Waals surface area contributed by atoms with Gasteiger partial charge in [0, 0.05) is 12.1 Å². The van der Waals surface area contributed by atoms with Gasteiger partial charge in [-0.1, -0.05) is 6.92 Å². The number of non-ortho nitro benzene ring substituents is 2. The van der Waals surface area contributed by atoms with Gasteiger partial charge in [0.15, 0.2) is 0 Å². The first-order chi connectivity index (χ1) is 15.1. The average molecular weight is 446 g/mol. The molecule has 0 fully saturated rings. The number of anilines is 2. The molecule has 0 aliphatic rings. The van der Waals surface area contributed by atoms with Gasteiger partial charge in [0.05, 0.1) is 43.8 Å². The lowest BCUT2D eigenvalue weighted by atomic mass is 10.2. The first kappa shape index (κ1) is 23.3. The highest BCUT2D eigenvalue weighted by Gasteiger charge is 2.20. The van der Waals surface area contributed by atoms with E-state index in [2.05, 4.69) is 21.1 Å². The highest BCUT2D eigenvalue weighted by atomic mass is 16.6. The molecule has 0 aliphatic carbocycles. The molecular weight excluding hydrogens is 432 g/mol. The first-order valence-corrected chi connectivity index (χ1v) is 8.61. The summed E-state index contributed by atoms with van der Waals surface area (Å²) in [4.78, 5) is 40.7. The summed E-state index contributed by atoms with van der Waals surface area (Å²) < 4.78 is 0. The van der Waals surface area contributed by atoms with Crippen molar-refractivity contribution in [3.05, 3.63) is 76.9 Å². The first-order valence-electron chi connectivity index (χ1n) is 8.61. The second-order valence-corrected chi connectivity index (χ2v) is 5.87. The van der Waals surface area contributed by atoms with Crippen LogP contribution in [0.15, 0.2) is 46.6 Å². The molecule has 0 unspecified atom stereocenters. The molecule has 0 spiro atoms. The quantitative estimate of drug-likeness (QED) is 0.306. The zero-order valence-corrected chi connectivity index (χ0v) is 16.2. The predicted molar refractivity (Wildman–Crippen MR) is 113 cm³/mol. The van der Waals surface area contributed by atoms with Crippen LogP contribution in [-0.2, 0) is 0 Å². The fourth-order valence-electron chi connectivity index (χ4n) is 2.27. The van der Waals surface area contributed by atoms with Crippen LogP contribution >= 0.6 is 0 Å². The molecule has 0 bridgehead atoms. The highest BCUT2D eigenvalue weighted by Crippen LogP contribution is 2.30. The minimum atomic E-state index is -0.811. The third kappa shape index (κ3) is 5.75. The standard InChI is InChI=1S/C16H14N8O8/c1-2-10(18-20-14-6-4-12(22(27)28)8-16(14)24(31)32)9-17-19-13-5-3-11(21(25)26)7-15(13)23(29)30/h3-9,19-20H,2H2,1H3/b17-9+,18-10-. The molecule has 2 rings (SSSR count). The minimum absolute atomic E-state index is 0.0982. The number of nitro benzene ring substituents is 4. The number of nitro groups is 4. The molecule has 16 nitrogen and oxygen atoms in total. The predicted octanol–water partition coefficient (Wildman–Crippen LogP) is 3.60. The number of hydrazone groups is 2. The number of hydrogen-bond donors (Lipinski definition) is 2. The normalized spacial score (nSPS) is 11.2. The summed E-state index contributed by atoms with van der Waals surface area (Å²) in [6, 6.07) is 5.95. The van der Waals surface area contributed by atoms with E-state index in [0.717, 1.165) is 36.4 Å². The van der Waals surface area contributed by atoms with E-state index in [4.69, 9.17) is 0 Å². The minimum Gasteiger partial charge on any atom is -0.272 e. The van der Waals surface area contributed by atoms with Crippen LogP contribution in [0.1, 0.15) is 13.3 Å². The lowest BCUT2D eigenvalue weighted by molar-refractivity contribution is -0.393. The lowest BCUT2D eigenvalue weighted by Crippen LogP contribution is -2.06. The number of nitrogens with zero attached hydrogens (tertiary/aromatic N) is 6. The summed E-state index contributed by atoms with van der Waals surface area (Å²) in [5.41, 5.74) is 2.83. The molecule has 32 heavy (non-hydrogen) atoms. The molecule has 166 valence electrons. The molecule has 0 amide bonds. The van der Waals surface area contributed by atoms with E-state index in [1.807, 2.05) is 0 Å². The Kier molecular flexibility index (Phi) is 7.37. The summed E-state index contributed by atoms with van der Waals surface area (Å²) in [6.07, 6.45) is 1.47. The molecule has 16 heteroatoms. The van der Waals surface area contributed by atoms with E-state index >= 15 is 0 Å². The molecule has 2 N–H and O–H groups in total. The van der Waals surface area contributed by atoms with Crippen LogP contribution in [0.4, 0.5) is 34.1 Å². The van der Waals surface area contributed by atoms with E-state index in [-0.39, 0.29) is 17.1 Å². The molecule has 0 heterocycles. The van der Waals surface area contributed by atoms with Crippen LogP contribution in [0, 0.1) is 40.5 Å². The van der Waals surface area contributed by atoms with Gasteiger partial charge in [-0.15, -0.1) is 0 Å². The van der Waals surface area contributed by atoms with Crippen molar-refractivity contribution in [2.75, 3.05) is 10.9 Å². The van der Waals surface area contributed by atoms with E-state index in [9.17, 15) is 40.5 Å². The Morgan fingerprint density at radius 1 is 0.812 bits per heavy atom. The van der Waals surface area contributed by atoms with Gasteiger partial charge in [-0.2, -0.15) is 10.2 Å². The van der Waals surface area contributed by atoms with Crippen molar-refractivity contribution in [1.82, 2.24) is 0 Å². The van der Waals surface area contributed by atoms with E-state index in [0.29, 0.717) is 6.42 Å². The molecule has 2 aromatic carbocycles. The molecule has 0 aliphatic heterocycles. The summed E-state index contributed by atoms with van der Waals surface area (Å²) >= 11 is 0. The van der Waals surface area contributed by atoms with Crippen molar-refractivity contribution in [3.63, 3.8) is 0 Å². The van der Waals surface area contributed by atoms with Crippen LogP contribution in [0.2, 0.25) is 0 Å². The Balaban J connectivity index is 2.21. The van der Waals surface area contributed by atoms with Gasteiger partial charge in [0.2, 0.25) is 0 Å². The summed E-state index contributed by atoms with van der Waals surface area (Å²) in [5, 5.41) is 51.6. The van der Waals surface area contributed by atoms with Crippen molar-refractivity contribution in [3.8, 4) is 0 Å². The smallest absolute Gasteiger partial charge is 0.272 e. The van der Waals surface area contributed by atoms with E-state index < -0.39 is 42.4 Å². The number of nitrogens with one attached hydrogen (secondary N) is 2. The van der Waals surface area contributed by atoms with Gasteiger partial charge in [-0.25, -0.2) is 0 Å². The number of benzene rings is 2. The molecule has 0 saturated carbocycles. The van der Waals surface area contributed by atoms with Crippen LogP contribution in [0.5, 0.6) is 0 Å². The topological polar surface area (TPSA) is 221 Å². The van der Waals surface area contributed by atoms with Crippen molar-refractivity contribution in [1.29, 1.82) is 0 Å². The van der Waals surface area contributed by atoms with Gasteiger partial charge in [0.25, 0.3) is 11.4 Å². The average Bonchev–Trinajstić information content (AvgIpc) is 2.75. The highest BCUT2D eigenvalue weighted by molar-refractivity contribution is 6.30. The monoisotopic (exact) mass is 446 g/mol. The maximum absolute atomic E-state index is 11.2. The summed E-state index contributed by atoms with van der Waals surface area (Å²) in [7, 11) is 0. The third-order valence-corrected chi connectivity index (χ3v) is 3.86. The van der Waals surface area contributed by atoms with Gasteiger partial charge < -0.3 is 0 Å². The van der Waals surface area contributed by atoms with Crippen LogP contribution < -0.4 is 10.9 Å². The van der Waals surface area contributed by atoms with Gasteiger partial charge in [-0.05, 0) is 18.6 Å². The van der Waals surface area contributed by atoms with Gasteiger partial charge in [-0.3, -0.25) is 51.3 Å². The Hall–Kier alpha value is -5.02. The van der Waals surface area contributed by atoms with E-state index in [1.165, 1.54) is 6.21 Å². The van der Waals surface area contributed by atoms with Crippen LogP contribution in [-0.4, -0.2) is 31.6 Å². The zero-order valence-electron chi connectivity index (χ0n) is 16.2. The van der Waals surface area contributed by atoms with Crippen molar-refractivity contribution in [2.45, 2.75) is 13.3 Å². The van der Waals surface area contributed by atoms with Gasteiger partial charge >= 0.3 is 11.4 Å². The molecule has 2 aromatic rings. The van der Waals surface area contributed by atoms with E-state index in [1.54, 1.807) is 6.92 Å². The second kappa shape index (κ2) is 10.1. The Labute approximate surface area is 177 Å². The zero-order chi connectivity index (χ0) is 23.8. The second-order valence-electron chi connectivity index (χ2n) is 5.87. The van der Waals surface area contributed by atoms with Gasteiger partial charge in [0.1, 0.15) is 11.4 Å². The molecule has 0 radical (unpaired) electrons. The Bertz CT molecular complexity index is 1150.